The minimum atomic E-state index is -5.60. The number of fused-ring (bicyclic) bond motifs is 1. The second kappa shape index (κ2) is 14.2. The highest BCUT2D eigenvalue weighted by Gasteiger charge is 2.50. The standard InChI is InChI=1S/C35H25F6N7O8/c1-33(55,30(53)44-20-5-4-19(12-42)24(10-20)34(36,37)38)31(56-32(54)35(39,40)41)47-16-17(13-43-47)2-3-18-14-46(15-18)21-6-7-22-23(11-21)29(52)48(28(22)51)25-8-9-26(49)45-27(25)50/h4-7,10-11,13,16,18,25,31,55H,8-9,14-15H2,1H3,(H,44,53)(H,45,49,50)/t25-,31?,33+/m0/s1. The fourth-order valence-corrected chi connectivity index (χ4v) is 6.07. The fourth-order valence-electron chi connectivity index (χ4n) is 6.07. The Bertz CT molecular complexity index is 2300. The van der Waals surface area contributed by atoms with Crippen molar-refractivity contribution < 1.29 is 65.0 Å². The van der Waals surface area contributed by atoms with Gasteiger partial charge in [0.15, 0.2) is 5.60 Å². The van der Waals surface area contributed by atoms with Crippen LogP contribution in [0.3, 0.4) is 0 Å². The van der Waals surface area contributed by atoms with Gasteiger partial charge in [-0.1, -0.05) is 11.8 Å². The van der Waals surface area contributed by atoms with Crippen molar-refractivity contribution in [3.05, 3.63) is 76.6 Å². The van der Waals surface area contributed by atoms with Crippen LogP contribution in [0, 0.1) is 29.1 Å². The number of halogens is 6. The smallest absolute Gasteiger partial charge is 0.429 e. The van der Waals surface area contributed by atoms with Crippen molar-refractivity contribution in [1.82, 2.24) is 20.0 Å². The molecule has 3 N–H and O–H groups in total. The number of aromatic nitrogens is 2. The number of hydrogen-bond donors (Lipinski definition) is 3. The summed E-state index contributed by atoms with van der Waals surface area (Å²) in [7, 11) is 0. The predicted octanol–water partition coefficient (Wildman–Crippen LogP) is 2.66. The van der Waals surface area contributed by atoms with Crippen molar-refractivity contribution in [3.8, 4) is 17.9 Å². The average molecular weight is 786 g/mol. The van der Waals surface area contributed by atoms with Crippen LogP contribution in [0.25, 0.3) is 0 Å². The summed E-state index contributed by atoms with van der Waals surface area (Å²) in [6, 6.07) is 6.73. The van der Waals surface area contributed by atoms with Gasteiger partial charge in [-0.25, -0.2) is 9.48 Å². The molecule has 5 amide bonds. The van der Waals surface area contributed by atoms with E-state index in [1.165, 1.54) is 18.2 Å². The molecular formula is C35H25F6N7O8. The minimum Gasteiger partial charge on any atom is -0.429 e. The van der Waals surface area contributed by atoms with Gasteiger partial charge in [0.25, 0.3) is 17.7 Å². The van der Waals surface area contributed by atoms with Gasteiger partial charge in [0, 0.05) is 37.1 Å². The molecule has 0 bridgehead atoms. The molecule has 21 heteroatoms. The molecule has 56 heavy (non-hydrogen) atoms. The number of benzene rings is 2. The van der Waals surface area contributed by atoms with Crippen LogP contribution in [0.5, 0.6) is 0 Å². The van der Waals surface area contributed by atoms with E-state index in [0.717, 1.165) is 29.4 Å². The first-order valence-electron chi connectivity index (χ1n) is 16.3. The molecule has 6 rings (SSSR count). The number of rotatable bonds is 7. The van der Waals surface area contributed by atoms with Crippen LogP contribution in [0.4, 0.5) is 37.7 Å². The Kier molecular flexibility index (Phi) is 9.85. The number of amides is 5. The summed E-state index contributed by atoms with van der Waals surface area (Å²) in [5.74, 6) is -1.69. The van der Waals surface area contributed by atoms with Gasteiger partial charge in [-0.2, -0.15) is 36.7 Å². The van der Waals surface area contributed by atoms with Gasteiger partial charge < -0.3 is 20.1 Å². The molecule has 4 heterocycles. The second-order valence-corrected chi connectivity index (χ2v) is 13.0. The Morgan fingerprint density at radius 1 is 1.04 bits per heavy atom. The van der Waals surface area contributed by atoms with E-state index in [-0.39, 0.29) is 35.4 Å². The summed E-state index contributed by atoms with van der Waals surface area (Å²) in [5, 5.41) is 27.9. The number of esters is 1. The summed E-state index contributed by atoms with van der Waals surface area (Å²) < 4.78 is 84.9. The normalized spacial score (nSPS) is 18.8. The number of aliphatic hydroxyl groups is 1. The van der Waals surface area contributed by atoms with Crippen molar-refractivity contribution in [1.29, 1.82) is 5.26 Å². The number of nitrogens with one attached hydrogen (secondary N) is 2. The third-order valence-electron chi connectivity index (χ3n) is 9.03. The van der Waals surface area contributed by atoms with Gasteiger partial charge in [0.1, 0.15) is 6.04 Å². The number of alkyl halides is 6. The quantitative estimate of drug-likeness (QED) is 0.138. The number of carbonyl (C=O) groups excluding carboxylic acids is 6. The Morgan fingerprint density at radius 2 is 1.73 bits per heavy atom. The third-order valence-corrected chi connectivity index (χ3v) is 9.03. The molecule has 3 aliphatic heterocycles. The number of imide groups is 2. The predicted molar refractivity (Wildman–Crippen MR) is 175 cm³/mol. The molecule has 15 nitrogen and oxygen atoms in total. The summed E-state index contributed by atoms with van der Waals surface area (Å²) >= 11 is 0. The maximum absolute atomic E-state index is 13.4. The van der Waals surface area contributed by atoms with Crippen molar-refractivity contribution in [2.45, 2.75) is 50.0 Å². The molecule has 0 aliphatic carbocycles. The summed E-state index contributed by atoms with van der Waals surface area (Å²) in [6.07, 6.45) is -11.2. The molecule has 2 saturated heterocycles. The third kappa shape index (κ3) is 7.48. The van der Waals surface area contributed by atoms with Crippen LogP contribution in [-0.2, 0) is 30.1 Å². The lowest BCUT2D eigenvalue weighted by molar-refractivity contribution is -0.223. The van der Waals surface area contributed by atoms with Crippen molar-refractivity contribution in [3.63, 3.8) is 0 Å². The number of piperidine rings is 1. The molecule has 1 unspecified atom stereocenters. The van der Waals surface area contributed by atoms with Crippen LogP contribution in [-0.4, -0.2) is 86.2 Å². The highest BCUT2D eigenvalue weighted by molar-refractivity contribution is 6.23. The Labute approximate surface area is 310 Å². The van der Waals surface area contributed by atoms with E-state index in [0.29, 0.717) is 36.4 Å². The number of anilines is 2. The highest BCUT2D eigenvalue weighted by Crippen LogP contribution is 2.36. The molecule has 0 spiro atoms. The molecule has 1 aromatic heterocycles. The van der Waals surface area contributed by atoms with Gasteiger partial charge >= 0.3 is 18.3 Å². The first-order chi connectivity index (χ1) is 26.2. The Morgan fingerprint density at radius 3 is 2.38 bits per heavy atom. The molecular weight excluding hydrogens is 760 g/mol. The number of ether oxygens (including phenoxy) is 1. The Hall–Kier alpha value is -6.74. The van der Waals surface area contributed by atoms with E-state index >= 15 is 0 Å². The van der Waals surface area contributed by atoms with Gasteiger partial charge in [-0.15, -0.1) is 0 Å². The number of hydrogen-bond acceptors (Lipinski definition) is 11. The lowest BCUT2D eigenvalue weighted by Crippen LogP contribution is -2.54. The van der Waals surface area contributed by atoms with Crippen LogP contribution >= 0.6 is 0 Å². The molecule has 0 radical (unpaired) electrons. The van der Waals surface area contributed by atoms with Gasteiger partial charge in [0.2, 0.25) is 18.0 Å². The molecule has 3 aromatic rings. The monoisotopic (exact) mass is 785 g/mol. The van der Waals surface area contributed by atoms with E-state index in [4.69, 9.17) is 5.26 Å². The summed E-state index contributed by atoms with van der Waals surface area (Å²) in [5.41, 5.74) is -5.17. The minimum absolute atomic E-state index is 0.00267. The second-order valence-electron chi connectivity index (χ2n) is 13.0. The van der Waals surface area contributed by atoms with Crippen LogP contribution in [0.1, 0.15) is 63.4 Å². The van der Waals surface area contributed by atoms with Crippen molar-refractivity contribution in [2.75, 3.05) is 23.3 Å². The molecule has 3 aliphatic rings. The number of nitriles is 1. The molecule has 2 fully saturated rings. The zero-order valence-electron chi connectivity index (χ0n) is 28.5. The topological polar surface area (TPSA) is 204 Å². The van der Waals surface area contributed by atoms with Gasteiger partial charge in [-0.3, -0.25) is 34.2 Å². The van der Waals surface area contributed by atoms with Gasteiger partial charge in [-0.05, 0) is 49.7 Å². The summed E-state index contributed by atoms with van der Waals surface area (Å²) in [6.45, 7) is 1.28. The first-order valence-corrected chi connectivity index (χ1v) is 16.3. The lowest BCUT2D eigenvalue weighted by atomic mass is 9.98. The SMILES string of the molecule is C[C@@](O)(C(=O)Nc1ccc(C#N)c(C(F)(F)F)c1)C(OC(=O)C(F)(F)F)n1cc(C#CC2CN(c3ccc4c(c3)C(=O)N([C@H]3CCC(=O)NC3=O)C4=O)C2)cn1. The van der Waals surface area contributed by atoms with Crippen LogP contribution in [0.15, 0.2) is 48.8 Å². The molecule has 2 aromatic carbocycles. The van der Waals surface area contributed by atoms with E-state index in [2.05, 4.69) is 27.0 Å². The first kappa shape index (κ1) is 39.0. The molecule has 290 valence electrons. The van der Waals surface area contributed by atoms with E-state index in [1.54, 1.807) is 6.07 Å². The van der Waals surface area contributed by atoms with Crippen molar-refractivity contribution >= 4 is 46.9 Å². The van der Waals surface area contributed by atoms with E-state index in [1.807, 2.05) is 10.2 Å². The van der Waals surface area contributed by atoms with E-state index < -0.39 is 82.5 Å². The maximum Gasteiger partial charge on any atom is 0.491 e. The maximum atomic E-state index is 13.4. The number of nitrogens with zero attached hydrogens (tertiary/aromatic N) is 5. The average Bonchev–Trinajstić information content (AvgIpc) is 3.67. The van der Waals surface area contributed by atoms with Crippen LogP contribution in [0.2, 0.25) is 0 Å². The summed E-state index contributed by atoms with van der Waals surface area (Å²) in [4.78, 5) is 77.6. The lowest BCUT2D eigenvalue weighted by Gasteiger charge is -2.38. The largest absolute Gasteiger partial charge is 0.491 e. The molecule has 0 saturated carbocycles. The fraction of sp³-hybridized carbons (Fsp3) is 0.314. The molecule has 3 atom stereocenters. The van der Waals surface area contributed by atoms with Crippen molar-refractivity contribution in [2.24, 2.45) is 5.92 Å². The zero-order valence-corrected chi connectivity index (χ0v) is 28.5. The zero-order chi connectivity index (χ0) is 40.9. The Balaban J connectivity index is 1.15. The van der Waals surface area contributed by atoms with E-state index in [9.17, 15) is 60.2 Å². The van der Waals surface area contributed by atoms with Crippen LogP contribution < -0.4 is 15.5 Å². The van der Waals surface area contributed by atoms with Gasteiger partial charge in [0.05, 0.1) is 46.0 Å². The number of carbonyl (C=O) groups is 6. The highest BCUT2D eigenvalue weighted by atomic mass is 19.4.